The van der Waals surface area contributed by atoms with Gasteiger partial charge < -0.3 is 14.5 Å². The highest BCUT2D eigenvalue weighted by atomic mass is 16.5. The van der Waals surface area contributed by atoms with E-state index in [-0.39, 0.29) is 12.1 Å². The lowest BCUT2D eigenvalue weighted by Crippen LogP contribution is -2.36. The van der Waals surface area contributed by atoms with Gasteiger partial charge in [-0.05, 0) is 49.6 Å². The highest BCUT2D eigenvalue weighted by Gasteiger charge is 2.39. The van der Waals surface area contributed by atoms with E-state index in [4.69, 9.17) is 9.15 Å². The van der Waals surface area contributed by atoms with E-state index in [1.54, 1.807) is 0 Å². The van der Waals surface area contributed by atoms with Crippen molar-refractivity contribution >= 4 is 27.6 Å². The van der Waals surface area contributed by atoms with Crippen LogP contribution in [0.15, 0.2) is 65.1 Å². The Labute approximate surface area is 164 Å². The molecular formula is C25H23NO2. The molecule has 28 heavy (non-hydrogen) atoms. The van der Waals surface area contributed by atoms with E-state index in [9.17, 15) is 0 Å². The number of hydrogen-bond acceptors (Lipinski definition) is 3. The number of para-hydroxylation sites is 1. The number of nitrogens with one attached hydrogen (secondary N) is 1. The fourth-order valence-corrected chi connectivity index (χ4v) is 5.06. The Balaban J connectivity index is 1.49. The molecule has 3 nitrogen and oxygen atoms in total. The van der Waals surface area contributed by atoms with Crippen molar-refractivity contribution in [3.05, 3.63) is 77.4 Å². The summed E-state index contributed by atoms with van der Waals surface area (Å²) in [6.45, 7) is 3.01. The van der Waals surface area contributed by atoms with Crippen molar-refractivity contribution < 1.29 is 9.15 Å². The molecule has 3 heteroatoms. The largest absolute Gasteiger partial charge is 0.456 e. The predicted molar refractivity (Wildman–Crippen MR) is 113 cm³/mol. The summed E-state index contributed by atoms with van der Waals surface area (Å²) in [7, 11) is 0. The minimum atomic E-state index is 0.173. The molecule has 2 aliphatic rings. The normalized spacial score (nSPS) is 24.0. The summed E-state index contributed by atoms with van der Waals surface area (Å²) in [5, 5.41) is 6.21. The number of ether oxygens (including phenoxy) is 1. The van der Waals surface area contributed by atoms with Crippen molar-refractivity contribution in [1.29, 1.82) is 0 Å². The molecule has 1 N–H and O–H groups in total. The van der Waals surface area contributed by atoms with Crippen LogP contribution >= 0.6 is 0 Å². The Bertz CT molecular complexity index is 1190. The standard InChI is InChI=1S/C25H23NO2/c1-15-8-10-21-20(13-15)25-18(6-4-12-27-25)24(26-21)16-9-11-23-19(14-16)17-5-2-3-7-22(17)28-23/h2-3,5,7-11,13-14,18,24-26H,4,6,12H2,1H3/t18-,24+,25-/m1/s1. The van der Waals surface area contributed by atoms with Crippen LogP contribution in [0, 0.1) is 12.8 Å². The van der Waals surface area contributed by atoms with Gasteiger partial charge in [0.1, 0.15) is 11.2 Å². The molecule has 1 fully saturated rings. The van der Waals surface area contributed by atoms with Crippen LogP contribution in [0.5, 0.6) is 0 Å². The van der Waals surface area contributed by atoms with Gasteiger partial charge in [0.15, 0.2) is 0 Å². The summed E-state index contributed by atoms with van der Waals surface area (Å²) in [6, 6.07) is 21.8. The van der Waals surface area contributed by atoms with E-state index >= 15 is 0 Å². The minimum Gasteiger partial charge on any atom is -0.456 e. The molecule has 6 rings (SSSR count). The van der Waals surface area contributed by atoms with Crippen LogP contribution in [-0.4, -0.2) is 6.61 Å². The average Bonchev–Trinajstić information content (AvgIpc) is 3.11. The molecule has 0 amide bonds. The smallest absolute Gasteiger partial charge is 0.135 e. The first-order valence-corrected chi connectivity index (χ1v) is 10.2. The Morgan fingerprint density at radius 1 is 0.929 bits per heavy atom. The first kappa shape index (κ1) is 16.2. The third-order valence-corrected chi connectivity index (χ3v) is 6.38. The Morgan fingerprint density at radius 3 is 2.79 bits per heavy atom. The van der Waals surface area contributed by atoms with Crippen molar-refractivity contribution in [2.24, 2.45) is 5.92 Å². The molecule has 3 atom stereocenters. The molecule has 0 spiro atoms. The van der Waals surface area contributed by atoms with Gasteiger partial charge in [0.25, 0.3) is 0 Å². The number of furan rings is 1. The molecule has 2 aliphatic heterocycles. The number of hydrogen-bond donors (Lipinski definition) is 1. The highest BCUT2D eigenvalue weighted by molar-refractivity contribution is 6.05. The second kappa shape index (κ2) is 6.11. The van der Waals surface area contributed by atoms with Crippen molar-refractivity contribution in [3.8, 4) is 0 Å². The van der Waals surface area contributed by atoms with Crippen LogP contribution in [0.1, 0.15) is 41.7 Å². The second-order valence-electron chi connectivity index (χ2n) is 8.16. The van der Waals surface area contributed by atoms with Crippen LogP contribution in [0.3, 0.4) is 0 Å². The number of anilines is 1. The van der Waals surface area contributed by atoms with Crippen LogP contribution < -0.4 is 5.32 Å². The van der Waals surface area contributed by atoms with E-state index in [1.807, 2.05) is 12.1 Å². The zero-order valence-corrected chi connectivity index (χ0v) is 15.9. The molecule has 140 valence electrons. The molecule has 1 aromatic heterocycles. The zero-order chi connectivity index (χ0) is 18.7. The topological polar surface area (TPSA) is 34.4 Å². The molecule has 0 unspecified atom stereocenters. The van der Waals surface area contributed by atoms with Crippen molar-refractivity contribution in [1.82, 2.24) is 0 Å². The number of rotatable bonds is 1. The summed E-state index contributed by atoms with van der Waals surface area (Å²) < 4.78 is 12.3. The fraction of sp³-hybridized carbons (Fsp3) is 0.280. The SMILES string of the molecule is Cc1ccc2c(c1)[C@@H]1OCCC[C@@H]1[C@H](c1ccc3oc4ccccc4c3c1)N2. The summed E-state index contributed by atoms with van der Waals surface area (Å²) >= 11 is 0. The summed E-state index contributed by atoms with van der Waals surface area (Å²) in [5.74, 6) is 0.443. The first-order chi connectivity index (χ1) is 13.8. The number of benzene rings is 3. The quantitative estimate of drug-likeness (QED) is 0.414. The van der Waals surface area contributed by atoms with Crippen molar-refractivity contribution in [2.75, 3.05) is 11.9 Å². The predicted octanol–water partition coefficient (Wildman–Crippen LogP) is 6.53. The Hall–Kier alpha value is -2.78. The second-order valence-corrected chi connectivity index (χ2v) is 8.16. The zero-order valence-electron chi connectivity index (χ0n) is 15.9. The van der Waals surface area contributed by atoms with Gasteiger partial charge in [0.05, 0.1) is 12.1 Å². The van der Waals surface area contributed by atoms with E-state index in [2.05, 4.69) is 60.8 Å². The van der Waals surface area contributed by atoms with Gasteiger partial charge >= 0.3 is 0 Å². The highest BCUT2D eigenvalue weighted by Crippen LogP contribution is 2.49. The number of aryl methyl sites for hydroxylation is 1. The molecule has 0 aliphatic carbocycles. The van der Waals surface area contributed by atoms with Crippen LogP contribution in [0.25, 0.3) is 21.9 Å². The van der Waals surface area contributed by atoms with Crippen molar-refractivity contribution in [3.63, 3.8) is 0 Å². The maximum absolute atomic E-state index is 6.30. The third-order valence-electron chi connectivity index (χ3n) is 6.38. The molecular weight excluding hydrogens is 346 g/mol. The van der Waals surface area contributed by atoms with E-state index in [1.165, 1.54) is 39.6 Å². The summed E-state index contributed by atoms with van der Waals surface area (Å²) in [4.78, 5) is 0. The fourth-order valence-electron chi connectivity index (χ4n) is 5.06. The Kier molecular flexibility index (Phi) is 3.54. The van der Waals surface area contributed by atoms with Crippen molar-refractivity contribution in [2.45, 2.75) is 31.9 Å². The van der Waals surface area contributed by atoms with Gasteiger partial charge in [0.2, 0.25) is 0 Å². The molecule has 0 radical (unpaired) electrons. The summed E-state index contributed by atoms with van der Waals surface area (Å²) in [5.41, 5.74) is 7.02. The lowest BCUT2D eigenvalue weighted by molar-refractivity contribution is -0.0381. The average molecular weight is 369 g/mol. The monoisotopic (exact) mass is 369 g/mol. The molecule has 0 saturated carbocycles. The maximum Gasteiger partial charge on any atom is 0.135 e. The van der Waals surface area contributed by atoms with Gasteiger partial charge in [0, 0.05) is 34.5 Å². The molecule has 3 aromatic carbocycles. The first-order valence-electron chi connectivity index (χ1n) is 10.2. The van der Waals surface area contributed by atoms with Crippen LogP contribution in [-0.2, 0) is 4.74 Å². The minimum absolute atomic E-state index is 0.173. The van der Waals surface area contributed by atoms with Gasteiger partial charge in [-0.3, -0.25) is 0 Å². The lowest BCUT2D eigenvalue weighted by Gasteiger charge is -2.43. The van der Waals surface area contributed by atoms with Crippen LogP contribution in [0.4, 0.5) is 5.69 Å². The Morgan fingerprint density at radius 2 is 1.82 bits per heavy atom. The van der Waals surface area contributed by atoms with Gasteiger partial charge in [-0.25, -0.2) is 0 Å². The summed E-state index contributed by atoms with van der Waals surface area (Å²) in [6.07, 6.45) is 2.48. The maximum atomic E-state index is 6.30. The third kappa shape index (κ3) is 2.39. The molecule has 0 bridgehead atoms. The van der Waals surface area contributed by atoms with E-state index in [0.29, 0.717) is 5.92 Å². The molecule has 3 heterocycles. The lowest BCUT2D eigenvalue weighted by atomic mass is 9.77. The van der Waals surface area contributed by atoms with Gasteiger partial charge in [-0.1, -0.05) is 42.0 Å². The van der Waals surface area contributed by atoms with Gasteiger partial charge in [-0.2, -0.15) is 0 Å². The number of fused-ring (bicyclic) bond motifs is 6. The van der Waals surface area contributed by atoms with Crippen LogP contribution in [0.2, 0.25) is 0 Å². The van der Waals surface area contributed by atoms with E-state index in [0.717, 1.165) is 24.2 Å². The van der Waals surface area contributed by atoms with Gasteiger partial charge in [-0.15, -0.1) is 0 Å². The molecule has 4 aromatic rings. The molecule has 1 saturated heterocycles. The van der Waals surface area contributed by atoms with E-state index < -0.39 is 0 Å².